The van der Waals surface area contributed by atoms with Crippen LogP contribution in [0.1, 0.15) is 6.42 Å². The predicted octanol–water partition coefficient (Wildman–Crippen LogP) is 1.47. The number of nitrogens with zero attached hydrogens (tertiary/aromatic N) is 1. The Morgan fingerprint density at radius 2 is 2.36 bits per heavy atom. The maximum absolute atomic E-state index is 5.33. The quantitative estimate of drug-likeness (QED) is 0.513. The highest BCUT2D eigenvalue weighted by molar-refractivity contribution is 6.08. The van der Waals surface area contributed by atoms with Crippen molar-refractivity contribution >= 4 is 13.7 Å². The summed E-state index contributed by atoms with van der Waals surface area (Å²) in [5, 5.41) is 3.15. The van der Waals surface area contributed by atoms with E-state index in [1.54, 1.807) is 6.20 Å². The fourth-order valence-electron chi connectivity index (χ4n) is 0.786. The molecule has 56 valence electrons. The van der Waals surface area contributed by atoms with Gasteiger partial charge in [-0.3, -0.25) is 0 Å². The van der Waals surface area contributed by atoms with E-state index in [-0.39, 0.29) is 0 Å². The number of hydrogen-bond acceptors (Lipinski definition) is 2. The van der Waals surface area contributed by atoms with Crippen LogP contribution >= 0.6 is 0 Å². The van der Waals surface area contributed by atoms with Crippen molar-refractivity contribution in [1.82, 2.24) is 4.98 Å². The van der Waals surface area contributed by atoms with Gasteiger partial charge in [0.05, 0.1) is 7.85 Å². The zero-order valence-corrected chi connectivity index (χ0v) is 6.46. The largest absolute Gasteiger partial charge is 0.370 e. The van der Waals surface area contributed by atoms with Gasteiger partial charge in [-0.25, -0.2) is 4.98 Å². The van der Waals surface area contributed by atoms with Crippen molar-refractivity contribution < 1.29 is 0 Å². The van der Waals surface area contributed by atoms with Crippen LogP contribution in [0.2, 0.25) is 6.32 Å². The van der Waals surface area contributed by atoms with E-state index >= 15 is 0 Å². The lowest BCUT2D eigenvalue weighted by Gasteiger charge is -2.02. The molecule has 0 saturated heterocycles. The van der Waals surface area contributed by atoms with Crippen LogP contribution < -0.4 is 5.32 Å². The van der Waals surface area contributed by atoms with Gasteiger partial charge < -0.3 is 5.32 Å². The van der Waals surface area contributed by atoms with Crippen LogP contribution in [-0.4, -0.2) is 19.4 Å². The van der Waals surface area contributed by atoms with E-state index in [0.29, 0.717) is 0 Å². The molecule has 1 aromatic heterocycles. The molecule has 0 spiro atoms. The number of hydrogen-bond donors (Lipinski definition) is 1. The van der Waals surface area contributed by atoms with Crippen LogP contribution in [0.5, 0.6) is 0 Å². The van der Waals surface area contributed by atoms with Gasteiger partial charge in [-0.1, -0.05) is 12.4 Å². The Bertz CT molecular complexity index is 189. The summed E-state index contributed by atoms with van der Waals surface area (Å²) in [6, 6.07) is 5.79. The van der Waals surface area contributed by atoms with Gasteiger partial charge in [0, 0.05) is 12.7 Å². The Morgan fingerprint density at radius 1 is 1.45 bits per heavy atom. The Labute approximate surface area is 68.4 Å². The summed E-state index contributed by atoms with van der Waals surface area (Å²) in [6.45, 7) is 0.896. The molecule has 1 rings (SSSR count). The molecule has 0 aliphatic carbocycles. The molecule has 0 atom stereocenters. The summed E-state index contributed by atoms with van der Waals surface area (Å²) in [6.07, 6.45) is 3.47. The monoisotopic (exact) mass is 146 g/mol. The van der Waals surface area contributed by atoms with E-state index in [1.165, 1.54) is 0 Å². The van der Waals surface area contributed by atoms with E-state index in [2.05, 4.69) is 10.3 Å². The van der Waals surface area contributed by atoms with Crippen LogP contribution in [-0.2, 0) is 0 Å². The van der Waals surface area contributed by atoms with Gasteiger partial charge in [0.1, 0.15) is 5.82 Å². The van der Waals surface area contributed by atoms with Crippen molar-refractivity contribution in [3.63, 3.8) is 0 Å². The van der Waals surface area contributed by atoms with Crippen molar-refractivity contribution in [1.29, 1.82) is 0 Å². The lowest BCUT2D eigenvalue weighted by molar-refractivity contribution is 0.966. The number of anilines is 1. The molecule has 0 aliphatic rings. The van der Waals surface area contributed by atoms with Crippen molar-refractivity contribution in [3.8, 4) is 0 Å². The third-order valence-electron chi connectivity index (χ3n) is 1.35. The van der Waals surface area contributed by atoms with Crippen LogP contribution in [0.25, 0.3) is 0 Å². The highest BCUT2D eigenvalue weighted by Gasteiger charge is 1.87. The molecule has 0 aromatic carbocycles. The fraction of sp³-hybridized carbons (Fsp3) is 0.375. The fourth-order valence-corrected chi connectivity index (χ4v) is 0.786. The minimum atomic E-state index is 0.722. The standard InChI is InChI=1S/C8H11BN2/c9-5-3-7-11-8-4-1-2-6-10-8/h1-2,4,6H,3,5,7H2,(H,10,11). The summed E-state index contributed by atoms with van der Waals surface area (Å²) in [4.78, 5) is 4.10. The summed E-state index contributed by atoms with van der Waals surface area (Å²) in [7, 11) is 5.33. The Hall–Kier alpha value is -0.985. The summed E-state index contributed by atoms with van der Waals surface area (Å²) < 4.78 is 0. The molecule has 1 heterocycles. The van der Waals surface area contributed by atoms with Gasteiger partial charge in [-0.15, -0.1) is 0 Å². The summed E-state index contributed by atoms with van der Waals surface area (Å²) >= 11 is 0. The molecule has 0 aliphatic heterocycles. The molecule has 1 N–H and O–H groups in total. The number of pyridine rings is 1. The SMILES string of the molecule is [B]CCCNc1ccccn1. The molecule has 0 fully saturated rings. The molecule has 0 saturated carbocycles. The molecular formula is C8H11BN2. The van der Waals surface area contributed by atoms with Crippen LogP contribution in [0, 0.1) is 0 Å². The third kappa shape index (κ3) is 3.07. The molecule has 2 radical (unpaired) electrons. The van der Waals surface area contributed by atoms with Gasteiger partial charge in [-0.05, 0) is 18.6 Å². The van der Waals surface area contributed by atoms with Crippen LogP contribution in [0.15, 0.2) is 24.4 Å². The zero-order valence-electron chi connectivity index (χ0n) is 6.46. The van der Waals surface area contributed by atoms with Crippen LogP contribution in [0.4, 0.5) is 5.82 Å². The maximum atomic E-state index is 5.33. The number of aromatic nitrogens is 1. The first-order valence-corrected chi connectivity index (χ1v) is 3.78. The second kappa shape index (κ2) is 4.77. The smallest absolute Gasteiger partial charge is 0.125 e. The Morgan fingerprint density at radius 3 is 3.00 bits per heavy atom. The first kappa shape index (κ1) is 8.11. The van der Waals surface area contributed by atoms with E-state index in [9.17, 15) is 0 Å². The van der Waals surface area contributed by atoms with E-state index < -0.39 is 0 Å². The molecule has 3 heteroatoms. The minimum Gasteiger partial charge on any atom is -0.370 e. The highest BCUT2D eigenvalue weighted by atomic mass is 15.0. The minimum absolute atomic E-state index is 0.722. The van der Waals surface area contributed by atoms with Gasteiger partial charge in [0.25, 0.3) is 0 Å². The van der Waals surface area contributed by atoms with Gasteiger partial charge >= 0.3 is 0 Å². The second-order valence-corrected chi connectivity index (χ2v) is 2.28. The lowest BCUT2D eigenvalue weighted by atomic mass is 10.0. The molecule has 0 amide bonds. The third-order valence-corrected chi connectivity index (χ3v) is 1.35. The second-order valence-electron chi connectivity index (χ2n) is 2.28. The number of nitrogens with one attached hydrogen (secondary N) is 1. The molecule has 0 unspecified atom stereocenters. The van der Waals surface area contributed by atoms with E-state index in [1.807, 2.05) is 18.2 Å². The van der Waals surface area contributed by atoms with Crippen molar-refractivity contribution in [2.75, 3.05) is 11.9 Å². The average molecular weight is 146 g/mol. The maximum Gasteiger partial charge on any atom is 0.125 e. The zero-order chi connectivity index (χ0) is 7.94. The molecule has 2 nitrogen and oxygen atoms in total. The van der Waals surface area contributed by atoms with Gasteiger partial charge in [0.15, 0.2) is 0 Å². The topological polar surface area (TPSA) is 24.9 Å². The number of rotatable bonds is 4. The normalized spacial score (nSPS) is 9.45. The molecular weight excluding hydrogens is 135 g/mol. The average Bonchev–Trinajstić information content (AvgIpc) is 2.07. The Kier molecular flexibility index (Phi) is 3.52. The van der Waals surface area contributed by atoms with E-state index in [0.717, 1.165) is 25.1 Å². The van der Waals surface area contributed by atoms with Gasteiger partial charge in [-0.2, -0.15) is 0 Å². The van der Waals surface area contributed by atoms with Gasteiger partial charge in [0.2, 0.25) is 0 Å². The summed E-state index contributed by atoms with van der Waals surface area (Å²) in [5.74, 6) is 0.918. The molecule has 1 aromatic rings. The summed E-state index contributed by atoms with van der Waals surface area (Å²) in [5.41, 5.74) is 0. The molecule has 0 bridgehead atoms. The Balaban J connectivity index is 2.28. The van der Waals surface area contributed by atoms with Crippen LogP contribution in [0.3, 0.4) is 0 Å². The molecule has 11 heavy (non-hydrogen) atoms. The van der Waals surface area contributed by atoms with Crippen molar-refractivity contribution in [2.45, 2.75) is 12.7 Å². The predicted molar refractivity (Wildman–Crippen MR) is 47.9 cm³/mol. The van der Waals surface area contributed by atoms with Crippen molar-refractivity contribution in [2.24, 2.45) is 0 Å². The van der Waals surface area contributed by atoms with E-state index in [4.69, 9.17) is 7.85 Å². The van der Waals surface area contributed by atoms with Crippen molar-refractivity contribution in [3.05, 3.63) is 24.4 Å². The highest BCUT2D eigenvalue weighted by Crippen LogP contribution is 1.99. The first-order valence-electron chi connectivity index (χ1n) is 3.78. The first-order chi connectivity index (χ1) is 5.43. The lowest BCUT2D eigenvalue weighted by Crippen LogP contribution is -2.01.